The third-order valence-corrected chi connectivity index (χ3v) is 5.22. The lowest BCUT2D eigenvalue weighted by atomic mass is 10.1. The molecule has 0 saturated carbocycles. The second-order valence-corrected chi connectivity index (χ2v) is 7.52. The number of carbonyl (C=O) groups is 1. The number of rotatable bonds is 4. The number of amides is 2. The van der Waals surface area contributed by atoms with E-state index in [4.69, 9.17) is 0 Å². The molecule has 0 aliphatic carbocycles. The highest BCUT2D eigenvalue weighted by atomic mass is 32.1. The van der Waals surface area contributed by atoms with Crippen LogP contribution in [0.3, 0.4) is 0 Å². The molecule has 1 aliphatic heterocycles. The van der Waals surface area contributed by atoms with E-state index in [1.165, 1.54) is 21.7 Å². The van der Waals surface area contributed by atoms with Gasteiger partial charge in [0.2, 0.25) is 0 Å². The van der Waals surface area contributed by atoms with E-state index in [0.717, 1.165) is 31.0 Å². The van der Waals surface area contributed by atoms with Gasteiger partial charge in [-0.2, -0.15) is 0 Å². The van der Waals surface area contributed by atoms with E-state index >= 15 is 0 Å². The van der Waals surface area contributed by atoms with Crippen LogP contribution < -0.4 is 10.6 Å². The van der Waals surface area contributed by atoms with Gasteiger partial charge in [0.15, 0.2) is 5.82 Å². The summed E-state index contributed by atoms with van der Waals surface area (Å²) in [4.78, 5) is 14.6. The summed E-state index contributed by atoms with van der Waals surface area (Å²) in [6, 6.07) is 1.96. The monoisotopic (exact) mass is 333 g/mol. The van der Waals surface area contributed by atoms with Crippen LogP contribution in [0.1, 0.15) is 52.8 Å². The fourth-order valence-corrected chi connectivity index (χ4v) is 4.09. The number of nitrogens with zero attached hydrogens (tertiary/aromatic N) is 3. The standard InChI is InChI=1S/C16H23N5OS/c1-10-8-13(12(3)23-10)11(2)18-16(22)17-9-15-20-19-14-6-4-5-7-21(14)15/h8,11H,4-7,9H2,1-3H3,(H2,17,18,22). The lowest BCUT2D eigenvalue weighted by Gasteiger charge is -2.16. The third-order valence-electron chi connectivity index (χ3n) is 4.24. The summed E-state index contributed by atoms with van der Waals surface area (Å²) in [5.74, 6) is 1.87. The van der Waals surface area contributed by atoms with Gasteiger partial charge >= 0.3 is 6.03 Å². The number of hydrogen-bond acceptors (Lipinski definition) is 4. The van der Waals surface area contributed by atoms with Crippen molar-refractivity contribution >= 4 is 17.4 Å². The van der Waals surface area contributed by atoms with E-state index in [0.29, 0.717) is 6.54 Å². The molecular formula is C16H23N5OS. The smallest absolute Gasteiger partial charge is 0.315 e. The zero-order chi connectivity index (χ0) is 16.4. The summed E-state index contributed by atoms with van der Waals surface area (Å²) in [6.07, 6.45) is 3.30. The Morgan fingerprint density at radius 3 is 2.96 bits per heavy atom. The SMILES string of the molecule is Cc1cc(C(C)NC(=O)NCc2nnc3n2CCCC3)c(C)s1. The Kier molecular flexibility index (Phi) is 4.66. The molecule has 3 heterocycles. The number of aromatic nitrogens is 3. The average Bonchev–Trinajstić information content (AvgIpc) is 3.08. The van der Waals surface area contributed by atoms with E-state index in [2.05, 4.69) is 45.3 Å². The van der Waals surface area contributed by atoms with Crippen LogP contribution in [0.4, 0.5) is 4.79 Å². The zero-order valence-electron chi connectivity index (χ0n) is 13.8. The Morgan fingerprint density at radius 1 is 1.39 bits per heavy atom. The molecule has 1 aliphatic rings. The summed E-state index contributed by atoms with van der Waals surface area (Å²) in [7, 11) is 0. The minimum Gasteiger partial charge on any atom is -0.332 e. The second kappa shape index (κ2) is 6.70. The number of hydrogen-bond donors (Lipinski definition) is 2. The topological polar surface area (TPSA) is 71.8 Å². The largest absolute Gasteiger partial charge is 0.332 e. The quantitative estimate of drug-likeness (QED) is 0.904. The Morgan fingerprint density at radius 2 is 2.22 bits per heavy atom. The number of thiophene rings is 1. The van der Waals surface area contributed by atoms with Crippen LogP contribution in [0.5, 0.6) is 0 Å². The van der Waals surface area contributed by atoms with Gasteiger partial charge in [0.1, 0.15) is 5.82 Å². The lowest BCUT2D eigenvalue weighted by molar-refractivity contribution is 0.237. The van der Waals surface area contributed by atoms with Crippen LogP contribution in [0.15, 0.2) is 6.07 Å². The molecule has 0 aromatic carbocycles. The second-order valence-electron chi connectivity index (χ2n) is 6.06. The van der Waals surface area contributed by atoms with Crippen LogP contribution in [-0.4, -0.2) is 20.8 Å². The molecule has 0 fully saturated rings. The van der Waals surface area contributed by atoms with Gasteiger partial charge in [0, 0.05) is 22.7 Å². The molecule has 0 spiro atoms. The van der Waals surface area contributed by atoms with Gasteiger partial charge in [0.05, 0.1) is 12.6 Å². The van der Waals surface area contributed by atoms with Crippen molar-refractivity contribution in [3.63, 3.8) is 0 Å². The van der Waals surface area contributed by atoms with Crippen molar-refractivity contribution in [3.8, 4) is 0 Å². The van der Waals surface area contributed by atoms with Crippen molar-refractivity contribution in [2.45, 2.75) is 59.2 Å². The van der Waals surface area contributed by atoms with E-state index < -0.39 is 0 Å². The van der Waals surface area contributed by atoms with Crippen LogP contribution in [0.2, 0.25) is 0 Å². The maximum atomic E-state index is 12.1. The van der Waals surface area contributed by atoms with Gasteiger partial charge in [0.25, 0.3) is 0 Å². The summed E-state index contributed by atoms with van der Waals surface area (Å²) < 4.78 is 2.12. The van der Waals surface area contributed by atoms with Gasteiger partial charge in [-0.15, -0.1) is 21.5 Å². The normalized spacial score (nSPS) is 15.1. The highest BCUT2D eigenvalue weighted by Gasteiger charge is 2.17. The minimum absolute atomic E-state index is 0.00716. The van der Waals surface area contributed by atoms with Crippen molar-refractivity contribution in [1.82, 2.24) is 25.4 Å². The van der Waals surface area contributed by atoms with E-state index in [1.807, 2.05) is 6.92 Å². The fraction of sp³-hybridized carbons (Fsp3) is 0.562. The molecule has 7 heteroatoms. The molecule has 0 bridgehead atoms. The molecule has 3 rings (SSSR count). The minimum atomic E-state index is -0.172. The molecule has 2 N–H and O–H groups in total. The molecule has 0 saturated heterocycles. The summed E-state index contributed by atoms with van der Waals surface area (Å²) >= 11 is 1.76. The highest BCUT2D eigenvalue weighted by molar-refractivity contribution is 7.12. The lowest BCUT2D eigenvalue weighted by Crippen LogP contribution is -2.37. The molecule has 1 unspecified atom stereocenters. The molecular weight excluding hydrogens is 310 g/mol. The fourth-order valence-electron chi connectivity index (χ4n) is 3.06. The number of nitrogens with one attached hydrogen (secondary N) is 2. The number of urea groups is 1. The summed E-state index contributed by atoms with van der Waals surface area (Å²) in [5.41, 5.74) is 1.18. The Bertz CT molecular complexity index is 705. The maximum Gasteiger partial charge on any atom is 0.315 e. The molecule has 1 atom stereocenters. The molecule has 124 valence electrons. The average molecular weight is 333 g/mol. The van der Waals surface area contributed by atoms with Crippen molar-refractivity contribution in [2.24, 2.45) is 0 Å². The van der Waals surface area contributed by atoms with Crippen LogP contribution >= 0.6 is 11.3 Å². The van der Waals surface area contributed by atoms with Crippen LogP contribution in [0, 0.1) is 13.8 Å². The Labute approximate surface area is 140 Å². The first-order valence-corrected chi connectivity index (χ1v) is 8.88. The first-order valence-electron chi connectivity index (χ1n) is 8.07. The van der Waals surface area contributed by atoms with E-state index in [9.17, 15) is 4.79 Å². The molecule has 0 radical (unpaired) electrons. The summed E-state index contributed by atoms with van der Waals surface area (Å²) in [6.45, 7) is 7.54. The molecule has 6 nitrogen and oxygen atoms in total. The van der Waals surface area contributed by atoms with Gasteiger partial charge in [-0.25, -0.2) is 4.79 Å². The van der Waals surface area contributed by atoms with Gasteiger partial charge in [-0.1, -0.05) is 0 Å². The third kappa shape index (κ3) is 3.55. The van der Waals surface area contributed by atoms with Gasteiger partial charge < -0.3 is 15.2 Å². The highest BCUT2D eigenvalue weighted by Crippen LogP contribution is 2.26. The molecule has 2 amide bonds. The van der Waals surface area contributed by atoms with Gasteiger partial charge in [-0.3, -0.25) is 0 Å². The summed E-state index contributed by atoms with van der Waals surface area (Å²) in [5, 5.41) is 14.3. The molecule has 2 aromatic rings. The predicted molar refractivity (Wildman–Crippen MR) is 90.5 cm³/mol. The Hall–Kier alpha value is -1.89. The number of fused-ring (bicyclic) bond motifs is 1. The van der Waals surface area contributed by atoms with Crippen LogP contribution in [0.25, 0.3) is 0 Å². The number of aryl methyl sites for hydroxylation is 3. The Balaban J connectivity index is 1.55. The molecule has 2 aromatic heterocycles. The van der Waals surface area contributed by atoms with Crippen molar-refractivity contribution < 1.29 is 4.79 Å². The predicted octanol–water partition coefficient (Wildman–Crippen LogP) is 2.85. The first-order chi connectivity index (χ1) is 11.0. The van der Waals surface area contributed by atoms with Gasteiger partial charge in [-0.05, 0) is 45.2 Å². The first kappa shape index (κ1) is 16.0. The molecule has 23 heavy (non-hydrogen) atoms. The van der Waals surface area contributed by atoms with E-state index in [1.54, 1.807) is 11.3 Å². The van der Waals surface area contributed by atoms with Crippen LogP contribution in [-0.2, 0) is 19.5 Å². The van der Waals surface area contributed by atoms with Crippen molar-refractivity contribution in [2.75, 3.05) is 0 Å². The van der Waals surface area contributed by atoms with Crippen molar-refractivity contribution in [1.29, 1.82) is 0 Å². The number of carbonyl (C=O) groups excluding carboxylic acids is 1. The maximum absolute atomic E-state index is 12.1. The van der Waals surface area contributed by atoms with E-state index in [-0.39, 0.29) is 12.1 Å². The zero-order valence-corrected chi connectivity index (χ0v) is 14.7. The van der Waals surface area contributed by atoms with Crippen molar-refractivity contribution in [3.05, 3.63) is 33.0 Å².